The molecule has 0 atom stereocenters. The Balaban J connectivity index is 3.05. The van der Waals surface area contributed by atoms with Gasteiger partial charge < -0.3 is 10.4 Å². The highest BCUT2D eigenvalue weighted by Gasteiger charge is 2.00. The van der Waals surface area contributed by atoms with Gasteiger partial charge in [0.2, 0.25) is 0 Å². The summed E-state index contributed by atoms with van der Waals surface area (Å²) in [6, 6.07) is 9.73. The fourth-order valence-electron chi connectivity index (χ4n) is 1.14. The maximum atomic E-state index is 9.28. The fraction of sp³-hybridized carbons (Fsp3) is 0.200. The summed E-state index contributed by atoms with van der Waals surface area (Å²) in [4.78, 5) is 0. The molecule has 0 aliphatic rings. The summed E-state index contributed by atoms with van der Waals surface area (Å²) in [6.07, 6.45) is 0. The molecule has 0 heterocycles. The van der Waals surface area contributed by atoms with Crippen molar-refractivity contribution in [2.24, 2.45) is 0 Å². The van der Waals surface area contributed by atoms with Crippen LogP contribution in [0.3, 0.4) is 0 Å². The molecule has 0 fully saturated rings. The smallest absolute Gasteiger partial charge is 0.113 e. The summed E-state index contributed by atoms with van der Waals surface area (Å²) in [5.41, 5.74) is 1.77. The number of nitrogens with one attached hydrogen (secondary N) is 1. The standard InChI is InChI=1S/C10H13NO/c1-8(12)10(11-2)9-6-4-3-5-7-9/h3-7,11-12H,1-2H3/b10-8+. The van der Waals surface area contributed by atoms with Crippen LogP contribution < -0.4 is 5.32 Å². The largest absolute Gasteiger partial charge is 0.510 e. The van der Waals surface area contributed by atoms with E-state index in [0.717, 1.165) is 11.3 Å². The van der Waals surface area contributed by atoms with Gasteiger partial charge in [0, 0.05) is 12.6 Å². The van der Waals surface area contributed by atoms with Gasteiger partial charge in [-0.3, -0.25) is 0 Å². The molecule has 2 nitrogen and oxygen atoms in total. The molecule has 12 heavy (non-hydrogen) atoms. The molecule has 2 heteroatoms. The highest BCUT2D eigenvalue weighted by molar-refractivity contribution is 5.64. The molecule has 64 valence electrons. The summed E-state index contributed by atoms with van der Waals surface area (Å²) < 4.78 is 0. The van der Waals surface area contributed by atoms with E-state index in [4.69, 9.17) is 0 Å². The Morgan fingerprint density at radius 3 is 2.25 bits per heavy atom. The minimum Gasteiger partial charge on any atom is -0.510 e. The van der Waals surface area contributed by atoms with Gasteiger partial charge in [0.25, 0.3) is 0 Å². The summed E-state index contributed by atoms with van der Waals surface area (Å²) in [6.45, 7) is 1.67. The van der Waals surface area contributed by atoms with Crippen LogP contribution in [-0.4, -0.2) is 12.2 Å². The van der Waals surface area contributed by atoms with Gasteiger partial charge in [0.1, 0.15) is 5.76 Å². The van der Waals surface area contributed by atoms with E-state index in [0.29, 0.717) is 5.76 Å². The predicted molar refractivity (Wildman–Crippen MR) is 50.7 cm³/mol. The fourth-order valence-corrected chi connectivity index (χ4v) is 1.14. The molecule has 0 aliphatic carbocycles. The summed E-state index contributed by atoms with van der Waals surface area (Å²) in [5.74, 6) is 0.309. The number of hydrogen-bond donors (Lipinski definition) is 2. The second kappa shape index (κ2) is 3.81. The van der Waals surface area contributed by atoms with Crippen LogP contribution in [-0.2, 0) is 0 Å². The van der Waals surface area contributed by atoms with E-state index in [9.17, 15) is 5.11 Å². The third-order valence-electron chi connectivity index (χ3n) is 1.67. The molecular weight excluding hydrogens is 150 g/mol. The molecule has 1 aromatic rings. The highest BCUT2D eigenvalue weighted by Crippen LogP contribution is 2.12. The molecule has 0 radical (unpaired) electrons. The van der Waals surface area contributed by atoms with Crippen molar-refractivity contribution in [1.82, 2.24) is 5.32 Å². The maximum Gasteiger partial charge on any atom is 0.113 e. The van der Waals surface area contributed by atoms with E-state index in [2.05, 4.69) is 5.32 Å². The second-order valence-corrected chi connectivity index (χ2v) is 2.58. The molecule has 0 spiro atoms. The summed E-state index contributed by atoms with van der Waals surface area (Å²) in [7, 11) is 1.79. The lowest BCUT2D eigenvalue weighted by Crippen LogP contribution is -2.06. The van der Waals surface area contributed by atoms with Crippen LogP contribution in [0.1, 0.15) is 12.5 Å². The Morgan fingerprint density at radius 2 is 1.83 bits per heavy atom. The lowest BCUT2D eigenvalue weighted by molar-refractivity contribution is 0.414. The summed E-state index contributed by atoms with van der Waals surface area (Å²) in [5, 5.41) is 12.2. The normalized spacial score (nSPS) is 12.2. The monoisotopic (exact) mass is 163 g/mol. The predicted octanol–water partition coefficient (Wildman–Crippen LogP) is 2.15. The van der Waals surface area contributed by atoms with Gasteiger partial charge in [-0.2, -0.15) is 0 Å². The Hall–Kier alpha value is -1.44. The molecule has 0 aromatic heterocycles. The Kier molecular flexibility index (Phi) is 2.75. The lowest BCUT2D eigenvalue weighted by atomic mass is 10.1. The van der Waals surface area contributed by atoms with Gasteiger partial charge in [-0.05, 0) is 6.92 Å². The third kappa shape index (κ3) is 1.78. The zero-order valence-corrected chi connectivity index (χ0v) is 7.33. The first-order chi connectivity index (χ1) is 5.75. The number of aliphatic hydroxyl groups is 1. The van der Waals surface area contributed by atoms with E-state index in [1.165, 1.54) is 0 Å². The van der Waals surface area contributed by atoms with Crippen molar-refractivity contribution in [2.45, 2.75) is 6.92 Å². The Labute approximate surface area is 72.5 Å². The molecule has 0 saturated heterocycles. The molecule has 1 rings (SSSR count). The van der Waals surface area contributed by atoms with Crippen LogP contribution in [0, 0.1) is 0 Å². The van der Waals surface area contributed by atoms with Crippen molar-refractivity contribution in [2.75, 3.05) is 7.05 Å². The average Bonchev–Trinajstić information content (AvgIpc) is 2.07. The number of rotatable bonds is 2. The van der Waals surface area contributed by atoms with Crippen LogP contribution in [0.5, 0.6) is 0 Å². The van der Waals surface area contributed by atoms with Crippen molar-refractivity contribution < 1.29 is 5.11 Å². The van der Waals surface area contributed by atoms with Gasteiger partial charge in [-0.15, -0.1) is 0 Å². The topological polar surface area (TPSA) is 32.3 Å². The first-order valence-electron chi connectivity index (χ1n) is 3.88. The number of hydrogen-bond acceptors (Lipinski definition) is 2. The Bertz CT molecular complexity index is 273. The lowest BCUT2D eigenvalue weighted by Gasteiger charge is -2.07. The van der Waals surface area contributed by atoms with Crippen molar-refractivity contribution in [3.05, 3.63) is 41.7 Å². The first-order valence-corrected chi connectivity index (χ1v) is 3.88. The number of benzene rings is 1. The highest BCUT2D eigenvalue weighted by atomic mass is 16.3. The minimum atomic E-state index is 0.309. The molecule has 0 saturated carbocycles. The average molecular weight is 163 g/mol. The number of allylic oxidation sites excluding steroid dienone is 1. The van der Waals surface area contributed by atoms with Crippen LogP contribution in [0.2, 0.25) is 0 Å². The molecule has 0 amide bonds. The van der Waals surface area contributed by atoms with Gasteiger partial charge in [0.05, 0.1) is 5.70 Å². The van der Waals surface area contributed by atoms with Gasteiger partial charge in [-0.1, -0.05) is 30.3 Å². The molecule has 0 aliphatic heterocycles. The molecular formula is C10H13NO. The van der Waals surface area contributed by atoms with Crippen LogP contribution in [0.15, 0.2) is 36.1 Å². The van der Waals surface area contributed by atoms with E-state index in [-0.39, 0.29) is 0 Å². The zero-order valence-electron chi connectivity index (χ0n) is 7.33. The van der Waals surface area contributed by atoms with Gasteiger partial charge in [0.15, 0.2) is 0 Å². The minimum absolute atomic E-state index is 0.309. The zero-order chi connectivity index (χ0) is 8.97. The molecule has 2 N–H and O–H groups in total. The van der Waals surface area contributed by atoms with Crippen molar-refractivity contribution in [1.29, 1.82) is 0 Å². The maximum absolute atomic E-state index is 9.28. The molecule has 1 aromatic carbocycles. The Morgan fingerprint density at radius 1 is 1.25 bits per heavy atom. The van der Waals surface area contributed by atoms with Crippen LogP contribution in [0.4, 0.5) is 0 Å². The van der Waals surface area contributed by atoms with E-state index in [1.54, 1.807) is 14.0 Å². The van der Waals surface area contributed by atoms with Gasteiger partial charge >= 0.3 is 0 Å². The van der Waals surface area contributed by atoms with E-state index >= 15 is 0 Å². The van der Waals surface area contributed by atoms with Crippen molar-refractivity contribution in [3.8, 4) is 0 Å². The molecule has 0 unspecified atom stereocenters. The van der Waals surface area contributed by atoms with E-state index < -0.39 is 0 Å². The number of aliphatic hydroxyl groups excluding tert-OH is 1. The van der Waals surface area contributed by atoms with Crippen molar-refractivity contribution >= 4 is 5.70 Å². The SMILES string of the molecule is CN/C(=C(\C)O)c1ccccc1. The van der Waals surface area contributed by atoms with Crippen LogP contribution in [0.25, 0.3) is 5.70 Å². The quantitative estimate of drug-likeness (QED) is 0.655. The third-order valence-corrected chi connectivity index (χ3v) is 1.67. The van der Waals surface area contributed by atoms with Crippen LogP contribution >= 0.6 is 0 Å². The second-order valence-electron chi connectivity index (χ2n) is 2.58. The van der Waals surface area contributed by atoms with Gasteiger partial charge in [-0.25, -0.2) is 0 Å². The van der Waals surface area contributed by atoms with Crippen molar-refractivity contribution in [3.63, 3.8) is 0 Å². The summed E-state index contributed by atoms with van der Waals surface area (Å²) >= 11 is 0. The molecule has 0 bridgehead atoms. The first kappa shape index (κ1) is 8.65. The van der Waals surface area contributed by atoms with E-state index in [1.807, 2.05) is 30.3 Å².